The number of hydrogen-bond acceptors (Lipinski definition) is 7. The molecule has 4 rings (SSSR count). The summed E-state index contributed by atoms with van der Waals surface area (Å²) in [6.45, 7) is 4.64. The summed E-state index contributed by atoms with van der Waals surface area (Å²) >= 11 is 0. The number of nitrogens with zero attached hydrogens (tertiary/aromatic N) is 4. The molecule has 2 N–H and O–H groups in total. The van der Waals surface area contributed by atoms with Crippen molar-refractivity contribution < 1.29 is 14.3 Å². The smallest absolute Gasteiger partial charge is 0.265 e. The van der Waals surface area contributed by atoms with Crippen LogP contribution in [0.1, 0.15) is 12.6 Å². The minimum Gasteiger partial charge on any atom is -0.482 e. The fourth-order valence-electron chi connectivity index (χ4n) is 2.97. The number of carbonyl (C=O) groups excluding carboxylic acids is 1. The van der Waals surface area contributed by atoms with E-state index in [1.807, 2.05) is 56.4 Å². The molecular formula is C20H22N6O3. The molecule has 0 fully saturated rings. The van der Waals surface area contributed by atoms with E-state index in [1.54, 1.807) is 10.7 Å². The summed E-state index contributed by atoms with van der Waals surface area (Å²) in [5.41, 5.74) is 0.912. The van der Waals surface area contributed by atoms with Crippen LogP contribution in [-0.2, 0) is 4.79 Å². The van der Waals surface area contributed by atoms with Crippen LogP contribution in [0.2, 0.25) is 0 Å². The molecule has 1 aromatic carbocycles. The highest BCUT2D eigenvalue weighted by atomic mass is 16.6. The first kappa shape index (κ1) is 18.7. The fraction of sp³-hybridized carbons (Fsp3) is 0.300. The fourth-order valence-corrected chi connectivity index (χ4v) is 2.97. The second-order valence-corrected chi connectivity index (χ2v) is 6.70. The predicted octanol–water partition coefficient (Wildman–Crippen LogP) is 1.73. The third-order valence-electron chi connectivity index (χ3n) is 4.44. The van der Waals surface area contributed by atoms with Gasteiger partial charge in [-0.15, -0.1) is 10.2 Å². The molecule has 0 radical (unpaired) electrons. The third-order valence-corrected chi connectivity index (χ3v) is 4.44. The number of amides is 1. The predicted molar refractivity (Wildman–Crippen MR) is 106 cm³/mol. The van der Waals surface area contributed by atoms with Gasteiger partial charge in [0, 0.05) is 19.3 Å². The molecule has 0 bridgehead atoms. The molecule has 9 heteroatoms. The molecule has 3 heterocycles. The Morgan fingerprint density at radius 2 is 1.86 bits per heavy atom. The summed E-state index contributed by atoms with van der Waals surface area (Å²) in [6.07, 6.45) is 0.766. The van der Waals surface area contributed by atoms with Crippen LogP contribution in [0.25, 0.3) is 5.82 Å². The molecule has 0 aliphatic carbocycles. The molecular weight excluding hydrogens is 372 g/mol. The van der Waals surface area contributed by atoms with E-state index in [1.165, 1.54) is 0 Å². The van der Waals surface area contributed by atoms with Crippen LogP contribution < -0.4 is 20.1 Å². The summed E-state index contributed by atoms with van der Waals surface area (Å²) in [6, 6.07) is 12.9. The normalized spacial score (nSPS) is 17.6. The second kappa shape index (κ2) is 8.17. The van der Waals surface area contributed by atoms with Crippen molar-refractivity contribution in [1.82, 2.24) is 25.3 Å². The van der Waals surface area contributed by atoms with Crippen LogP contribution in [0.15, 0.2) is 48.7 Å². The van der Waals surface area contributed by atoms with Crippen molar-refractivity contribution in [3.63, 3.8) is 0 Å². The van der Waals surface area contributed by atoms with E-state index in [0.29, 0.717) is 36.2 Å². The molecule has 29 heavy (non-hydrogen) atoms. The average molecular weight is 394 g/mol. The first-order valence-electron chi connectivity index (χ1n) is 9.40. The van der Waals surface area contributed by atoms with Crippen LogP contribution in [0.4, 0.5) is 5.82 Å². The number of ether oxygens (including phenoxy) is 2. The SMILES string of the molecule is Cc1ccn(-c2ccc(NCCNC(=O)C3Oc4ccccc4OC3C)nn2)n1. The number of aromatic nitrogens is 4. The molecule has 1 aliphatic rings. The van der Waals surface area contributed by atoms with Gasteiger partial charge in [0.25, 0.3) is 5.91 Å². The lowest BCUT2D eigenvalue weighted by atomic mass is 10.1. The van der Waals surface area contributed by atoms with Gasteiger partial charge >= 0.3 is 0 Å². The minimum absolute atomic E-state index is 0.218. The van der Waals surface area contributed by atoms with Crippen LogP contribution in [-0.4, -0.2) is 51.2 Å². The zero-order chi connectivity index (χ0) is 20.2. The van der Waals surface area contributed by atoms with Gasteiger partial charge in [0.15, 0.2) is 17.3 Å². The number of para-hydroxylation sites is 2. The largest absolute Gasteiger partial charge is 0.482 e. The zero-order valence-corrected chi connectivity index (χ0v) is 16.2. The first-order valence-corrected chi connectivity index (χ1v) is 9.40. The maximum atomic E-state index is 12.5. The van der Waals surface area contributed by atoms with Gasteiger partial charge in [0.1, 0.15) is 11.9 Å². The number of hydrogen-bond donors (Lipinski definition) is 2. The van der Waals surface area contributed by atoms with Gasteiger partial charge in [0.2, 0.25) is 6.10 Å². The Hall–Kier alpha value is -3.62. The van der Waals surface area contributed by atoms with E-state index >= 15 is 0 Å². The molecule has 9 nitrogen and oxygen atoms in total. The van der Waals surface area contributed by atoms with Crippen molar-refractivity contribution in [3.05, 3.63) is 54.4 Å². The quantitative estimate of drug-likeness (QED) is 0.614. The molecule has 2 aromatic heterocycles. The van der Waals surface area contributed by atoms with Gasteiger partial charge in [-0.3, -0.25) is 4.79 Å². The summed E-state index contributed by atoms with van der Waals surface area (Å²) in [4.78, 5) is 12.5. The number of anilines is 1. The number of fused-ring (bicyclic) bond motifs is 1. The van der Waals surface area contributed by atoms with E-state index in [4.69, 9.17) is 9.47 Å². The topological polar surface area (TPSA) is 103 Å². The van der Waals surface area contributed by atoms with Crippen LogP contribution >= 0.6 is 0 Å². The van der Waals surface area contributed by atoms with Gasteiger partial charge in [-0.25, -0.2) is 4.68 Å². The van der Waals surface area contributed by atoms with Crippen LogP contribution in [0, 0.1) is 6.92 Å². The molecule has 1 aliphatic heterocycles. The average Bonchev–Trinajstić information content (AvgIpc) is 3.17. The van der Waals surface area contributed by atoms with Crippen molar-refractivity contribution in [2.24, 2.45) is 0 Å². The molecule has 3 aromatic rings. The standard InChI is InChI=1S/C20H22N6O3/c1-13-9-12-26(25-13)18-8-7-17(23-24-18)21-10-11-22-20(27)19-14(2)28-15-5-3-4-6-16(15)29-19/h3-9,12,14,19H,10-11H2,1-2H3,(H,21,23)(H,22,27). The lowest BCUT2D eigenvalue weighted by Gasteiger charge is -2.31. The lowest BCUT2D eigenvalue weighted by molar-refractivity contribution is -0.133. The number of nitrogens with one attached hydrogen (secondary N) is 2. The van der Waals surface area contributed by atoms with E-state index in [2.05, 4.69) is 25.9 Å². The Morgan fingerprint density at radius 3 is 2.55 bits per heavy atom. The van der Waals surface area contributed by atoms with Gasteiger partial charge < -0.3 is 20.1 Å². The van der Waals surface area contributed by atoms with Crippen molar-refractivity contribution in [3.8, 4) is 17.3 Å². The molecule has 0 spiro atoms. The molecule has 0 saturated heterocycles. The molecule has 150 valence electrons. The van der Waals surface area contributed by atoms with Crippen molar-refractivity contribution >= 4 is 11.7 Å². The third kappa shape index (κ3) is 4.29. The highest BCUT2D eigenvalue weighted by Crippen LogP contribution is 2.33. The minimum atomic E-state index is -0.693. The number of benzene rings is 1. The highest BCUT2D eigenvalue weighted by molar-refractivity contribution is 5.82. The first-order chi connectivity index (χ1) is 14.1. The van der Waals surface area contributed by atoms with Gasteiger partial charge in [-0.05, 0) is 44.2 Å². The van der Waals surface area contributed by atoms with E-state index in [9.17, 15) is 4.79 Å². The van der Waals surface area contributed by atoms with Gasteiger partial charge in [-0.2, -0.15) is 5.10 Å². The van der Waals surface area contributed by atoms with Gasteiger partial charge in [0.05, 0.1) is 5.69 Å². The monoisotopic (exact) mass is 394 g/mol. The summed E-state index contributed by atoms with van der Waals surface area (Å²) in [5, 5.41) is 18.5. The maximum absolute atomic E-state index is 12.5. The van der Waals surface area contributed by atoms with Crippen molar-refractivity contribution in [2.45, 2.75) is 26.1 Å². The van der Waals surface area contributed by atoms with E-state index < -0.39 is 6.10 Å². The molecule has 2 unspecified atom stereocenters. The number of aryl methyl sites for hydroxylation is 1. The Balaban J connectivity index is 1.25. The lowest BCUT2D eigenvalue weighted by Crippen LogP contribution is -2.49. The zero-order valence-electron chi connectivity index (χ0n) is 16.2. The summed E-state index contributed by atoms with van der Waals surface area (Å²) in [5.74, 6) is 2.26. The van der Waals surface area contributed by atoms with Crippen LogP contribution in [0.3, 0.4) is 0 Å². The second-order valence-electron chi connectivity index (χ2n) is 6.70. The molecule has 1 amide bonds. The van der Waals surface area contributed by atoms with Gasteiger partial charge in [-0.1, -0.05) is 12.1 Å². The highest BCUT2D eigenvalue weighted by Gasteiger charge is 2.33. The maximum Gasteiger partial charge on any atom is 0.265 e. The van der Waals surface area contributed by atoms with Crippen molar-refractivity contribution in [2.75, 3.05) is 18.4 Å². The number of rotatable bonds is 6. The van der Waals surface area contributed by atoms with E-state index in [-0.39, 0.29) is 12.0 Å². The Morgan fingerprint density at radius 1 is 1.07 bits per heavy atom. The summed E-state index contributed by atoms with van der Waals surface area (Å²) < 4.78 is 13.2. The van der Waals surface area contributed by atoms with Crippen molar-refractivity contribution in [1.29, 1.82) is 0 Å². The summed E-state index contributed by atoms with van der Waals surface area (Å²) in [7, 11) is 0. The molecule has 2 atom stereocenters. The number of carbonyl (C=O) groups is 1. The van der Waals surface area contributed by atoms with E-state index in [0.717, 1.165) is 5.69 Å². The van der Waals surface area contributed by atoms with Crippen LogP contribution in [0.5, 0.6) is 11.5 Å². The molecule has 0 saturated carbocycles. The Kier molecular flexibility index (Phi) is 5.28. The Bertz CT molecular complexity index is 988. The Labute approximate surface area is 168 Å².